The van der Waals surface area contributed by atoms with Crippen LogP contribution in [0.4, 0.5) is 5.00 Å². The number of esters is 1. The van der Waals surface area contributed by atoms with Crippen LogP contribution < -0.4 is 10.1 Å². The first-order valence-corrected chi connectivity index (χ1v) is 14.5. The summed E-state index contributed by atoms with van der Waals surface area (Å²) >= 11 is 9.05. The number of ether oxygens (including phenoxy) is 2. The van der Waals surface area contributed by atoms with Crippen molar-refractivity contribution in [2.45, 2.75) is 71.7 Å². The van der Waals surface area contributed by atoms with E-state index in [1.54, 1.807) is 6.92 Å². The molecular weight excluding hydrogens is 532 g/mol. The molecule has 1 aromatic carbocycles. The van der Waals surface area contributed by atoms with Crippen molar-refractivity contribution in [3.63, 3.8) is 0 Å². The fraction of sp³-hybridized carbons (Fsp3) is 0.462. The maximum absolute atomic E-state index is 12.8. The average Bonchev–Trinajstić information content (AvgIpc) is 3.55. The number of nitrogens with one attached hydrogen (secondary N) is 1. The molecule has 1 amide bonds. The Morgan fingerprint density at radius 2 is 1.95 bits per heavy atom. The van der Waals surface area contributed by atoms with Gasteiger partial charge in [-0.15, -0.1) is 21.5 Å². The summed E-state index contributed by atoms with van der Waals surface area (Å²) in [7, 11) is 0. The standard InChI is InChI=1S/C26H31ClN4O4S2/c1-6-31-23(16(5)35-17-11-14(3)22(27)15(4)12-17)29-30-26(31)36-13-20(32)28-24-21(25(33)34-7-2)18-9-8-10-19(18)37-24/h11-12,16H,6-10,13H2,1-5H3,(H,28,32). The second-order valence-corrected chi connectivity index (χ2v) is 11.3. The molecule has 1 aliphatic carbocycles. The molecule has 0 radical (unpaired) electrons. The third-order valence-electron chi connectivity index (χ3n) is 6.13. The van der Waals surface area contributed by atoms with Crippen LogP contribution >= 0.6 is 34.7 Å². The Morgan fingerprint density at radius 1 is 1.22 bits per heavy atom. The van der Waals surface area contributed by atoms with E-state index in [1.807, 2.05) is 44.4 Å². The Labute approximate surface area is 230 Å². The fourth-order valence-electron chi connectivity index (χ4n) is 4.44. The minimum absolute atomic E-state index is 0.133. The highest BCUT2D eigenvalue weighted by atomic mass is 35.5. The zero-order valence-corrected chi connectivity index (χ0v) is 24.0. The second-order valence-electron chi connectivity index (χ2n) is 8.83. The van der Waals surface area contributed by atoms with E-state index < -0.39 is 0 Å². The summed E-state index contributed by atoms with van der Waals surface area (Å²) in [5, 5.41) is 13.5. The lowest BCUT2D eigenvalue weighted by Gasteiger charge is -2.17. The third kappa shape index (κ3) is 5.97. The van der Waals surface area contributed by atoms with Gasteiger partial charge in [0.05, 0.1) is 17.9 Å². The van der Waals surface area contributed by atoms with Gasteiger partial charge in [0, 0.05) is 16.4 Å². The van der Waals surface area contributed by atoms with Gasteiger partial charge < -0.3 is 19.4 Å². The number of anilines is 1. The Hall–Kier alpha value is -2.56. The Kier molecular flexibility index (Phi) is 8.82. The molecule has 1 aliphatic rings. The van der Waals surface area contributed by atoms with Gasteiger partial charge in [0.25, 0.3) is 0 Å². The normalized spacial score (nSPS) is 13.4. The minimum Gasteiger partial charge on any atom is -0.483 e. The quantitative estimate of drug-likeness (QED) is 0.233. The van der Waals surface area contributed by atoms with Gasteiger partial charge in [-0.05, 0) is 82.7 Å². The van der Waals surface area contributed by atoms with Crippen molar-refractivity contribution in [3.05, 3.63) is 50.1 Å². The van der Waals surface area contributed by atoms with Crippen LogP contribution in [-0.4, -0.2) is 39.0 Å². The Morgan fingerprint density at radius 3 is 2.62 bits per heavy atom. The smallest absolute Gasteiger partial charge is 0.341 e. The predicted molar refractivity (Wildman–Crippen MR) is 147 cm³/mol. The number of nitrogens with zero attached hydrogens (tertiary/aromatic N) is 3. The topological polar surface area (TPSA) is 95.3 Å². The third-order valence-corrected chi connectivity index (χ3v) is 8.90. The van der Waals surface area contributed by atoms with E-state index in [0.29, 0.717) is 40.4 Å². The number of thiophene rings is 1. The van der Waals surface area contributed by atoms with Crippen molar-refractivity contribution in [1.29, 1.82) is 0 Å². The summed E-state index contributed by atoms with van der Waals surface area (Å²) in [6.45, 7) is 10.5. The van der Waals surface area contributed by atoms with E-state index in [9.17, 15) is 9.59 Å². The molecule has 0 bridgehead atoms. The largest absolute Gasteiger partial charge is 0.483 e. The van der Waals surface area contributed by atoms with Gasteiger partial charge in [0.2, 0.25) is 5.91 Å². The van der Waals surface area contributed by atoms with Crippen LogP contribution in [0, 0.1) is 13.8 Å². The minimum atomic E-state index is -0.375. The van der Waals surface area contributed by atoms with Crippen molar-refractivity contribution >= 4 is 51.6 Å². The first kappa shape index (κ1) is 27.5. The number of carbonyl (C=O) groups excluding carboxylic acids is 2. The van der Waals surface area contributed by atoms with Crippen LogP contribution in [0.5, 0.6) is 5.75 Å². The molecule has 198 valence electrons. The van der Waals surface area contributed by atoms with Gasteiger partial charge >= 0.3 is 5.97 Å². The summed E-state index contributed by atoms with van der Waals surface area (Å²) in [6.07, 6.45) is 2.43. The second kappa shape index (κ2) is 11.9. The van der Waals surface area contributed by atoms with E-state index in [1.165, 1.54) is 23.1 Å². The molecule has 11 heteroatoms. The molecule has 4 rings (SSSR count). The number of aromatic nitrogens is 3. The molecule has 37 heavy (non-hydrogen) atoms. The van der Waals surface area contributed by atoms with Crippen molar-refractivity contribution in [2.24, 2.45) is 0 Å². The molecular formula is C26H31ClN4O4S2. The van der Waals surface area contributed by atoms with Crippen LogP contribution in [0.1, 0.15) is 71.0 Å². The molecule has 1 N–H and O–H groups in total. The van der Waals surface area contributed by atoms with E-state index in [-0.39, 0.29) is 23.7 Å². The van der Waals surface area contributed by atoms with E-state index >= 15 is 0 Å². The molecule has 1 atom stereocenters. The zero-order chi connectivity index (χ0) is 26.7. The first-order chi connectivity index (χ1) is 17.7. The van der Waals surface area contributed by atoms with E-state index in [2.05, 4.69) is 15.5 Å². The molecule has 2 heterocycles. The van der Waals surface area contributed by atoms with Gasteiger partial charge in [-0.2, -0.15) is 0 Å². The van der Waals surface area contributed by atoms with Crippen LogP contribution in [0.3, 0.4) is 0 Å². The van der Waals surface area contributed by atoms with Gasteiger partial charge in [-0.1, -0.05) is 23.4 Å². The summed E-state index contributed by atoms with van der Waals surface area (Å²) in [5.74, 6) is 0.939. The lowest BCUT2D eigenvalue weighted by Crippen LogP contribution is -2.17. The summed E-state index contributed by atoms with van der Waals surface area (Å²) < 4.78 is 13.3. The highest BCUT2D eigenvalue weighted by Crippen LogP contribution is 2.39. The van der Waals surface area contributed by atoms with E-state index in [4.69, 9.17) is 21.1 Å². The van der Waals surface area contributed by atoms with Crippen molar-refractivity contribution in [3.8, 4) is 5.75 Å². The fourth-order valence-corrected chi connectivity index (χ4v) is 6.65. The number of fused-ring (bicyclic) bond motifs is 1. The molecule has 1 unspecified atom stereocenters. The highest BCUT2D eigenvalue weighted by Gasteiger charge is 2.28. The molecule has 0 aliphatic heterocycles. The summed E-state index contributed by atoms with van der Waals surface area (Å²) in [5.41, 5.74) is 3.42. The number of carbonyl (C=O) groups is 2. The van der Waals surface area contributed by atoms with Gasteiger partial charge in [0.15, 0.2) is 17.1 Å². The SMILES string of the molecule is CCOC(=O)c1c(NC(=O)CSc2nnc(C(C)Oc3cc(C)c(Cl)c(C)c3)n2CC)sc2c1CCC2. The maximum Gasteiger partial charge on any atom is 0.341 e. The molecule has 0 fully saturated rings. The number of benzene rings is 1. The first-order valence-electron chi connectivity index (χ1n) is 12.3. The number of amides is 1. The molecule has 2 aromatic heterocycles. The van der Waals surface area contributed by atoms with Crippen LogP contribution in [0.15, 0.2) is 17.3 Å². The molecule has 0 saturated carbocycles. The number of hydrogen-bond donors (Lipinski definition) is 1. The molecule has 0 saturated heterocycles. The van der Waals surface area contributed by atoms with Crippen molar-refractivity contribution in [1.82, 2.24) is 14.8 Å². The van der Waals surface area contributed by atoms with Crippen molar-refractivity contribution in [2.75, 3.05) is 17.7 Å². The van der Waals surface area contributed by atoms with Gasteiger partial charge in [-0.3, -0.25) is 4.79 Å². The van der Waals surface area contributed by atoms with E-state index in [0.717, 1.165) is 45.9 Å². The highest BCUT2D eigenvalue weighted by molar-refractivity contribution is 7.99. The Bertz CT molecular complexity index is 1300. The van der Waals surface area contributed by atoms with Gasteiger partial charge in [0.1, 0.15) is 10.8 Å². The van der Waals surface area contributed by atoms with Crippen molar-refractivity contribution < 1.29 is 19.1 Å². The number of rotatable bonds is 10. The monoisotopic (exact) mass is 562 g/mol. The predicted octanol–water partition coefficient (Wildman–Crippen LogP) is 6.17. The summed E-state index contributed by atoms with van der Waals surface area (Å²) in [6, 6.07) is 3.81. The molecule has 3 aromatic rings. The zero-order valence-electron chi connectivity index (χ0n) is 21.6. The maximum atomic E-state index is 12.8. The average molecular weight is 563 g/mol. The molecule has 8 nitrogen and oxygen atoms in total. The number of thioether (sulfide) groups is 1. The lowest BCUT2D eigenvalue weighted by molar-refractivity contribution is -0.113. The van der Waals surface area contributed by atoms with Gasteiger partial charge in [-0.25, -0.2) is 4.79 Å². The number of aryl methyl sites for hydroxylation is 3. The van der Waals surface area contributed by atoms with Crippen LogP contribution in [-0.2, 0) is 28.9 Å². The molecule has 0 spiro atoms. The number of halogens is 1. The Balaban J connectivity index is 1.43. The number of hydrogen-bond acceptors (Lipinski definition) is 8. The lowest BCUT2D eigenvalue weighted by atomic mass is 10.1. The van der Waals surface area contributed by atoms with Crippen LogP contribution in [0.25, 0.3) is 0 Å². The van der Waals surface area contributed by atoms with Crippen LogP contribution in [0.2, 0.25) is 5.02 Å². The summed E-state index contributed by atoms with van der Waals surface area (Å²) in [4.78, 5) is 26.6.